The second-order valence-corrected chi connectivity index (χ2v) is 5.52. The first-order valence-corrected chi connectivity index (χ1v) is 7.23. The summed E-state index contributed by atoms with van der Waals surface area (Å²) in [5.41, 5.74) is 2.42. The molecule has 1 N–H and O–H groups in total. The van der Waals surface area contributed by atoms with Crippen LogP contribution in [0.4, 0.5) is 4.39 Å². The average Bonchev–Trinajstić information content (AvgIpc) is 2.86. The van der Waals surface area contributed by atoms with Crippen molar-refractivity contribution in [2.24, 2.45) is 5.92 Å². The highest BCUT2D eigenvalue weighted by Gasteiger charge is 2.15. The summed E-state index contributed by atoms with van der Waals surface area (Å²) in [7, 11) is 0. The Bertz CT molecular complexity index is 528. The Morgan fingerprint density at radius 3 is 2.45 bits per heavy atom. The van der Waals surface area contributed by atoms with E-state index in [0.717, 1.165) is 18.7 Å². The van der Waals surface area contributed by atoms with Gasteiger partial charge in [-0.15, -0.1) is 0 Å². The summed E-state index contributed by atoms with van der Waals surface area (Å²) in [5, 5.41) is 3.52. The van der Waals surface area contributed by atoms with Crippen LogP contribution in [0.25, 0.3) is 0 Å². The number of aromatic nitrogens is 1. The average molecular weight is 274 g/mol. The van der Waals surface area contributed by atoms with Gasteiger partial charge in [0.1, 0.15) is 5.82 Å². The van der Waals surface area contributed by atoms with Crippen molar-refractivity contribution in [3.63, 3.8) is 0 Å². The van der Waals surface area contributed by atoms with E-state index < -0.39 is 0 Å². The van der Waals surface area contributed by atoms with Gasteiger partial charge in [-0.25, -0.2) is 4.39 Å². The lowest BCUT2D eigenvalue weighted by Gasteiger charge is -2.20. The van der Waals surface area contributed by atoms with Crippen LogP contribution in [0.15, 0.2) is 42.7 Å². The fraction of sp³-hybridized carbons (Fsp3) is 0.412. The summed E-state index contributed by atoms with van der Waals surface area (Å²) < 4.78 is 15.0. The monoisotopic (exact) mass is 274 g/mol. The van der Waals surface area contributed by atoms with E-state index in [1.54, 1.807) is 0 Å². The molecule has 0 fully saturated rings. The molecule has 0 bridgehead atoms. The maximum Gasteiger partial charge on any atom is 0.123 e. The summed E-state index contributed by atoms with van der Waals surface area (Å²) in [5.74, 6) is 0.366. The van der Waals surface area contributed by atoms with Gasteiger partial charge < -0.3 is 9.88 Å². The van der Waals surface area contributed by atoms with Crippen molar-refractivity contribution in [3.8, 4) is 0 Å². The second kappa shape index (κ2) is 6.71. The minimum atomic E-state index is -0.186. The number of nitrogens with one attached hydrogen (secondary N) is 1. The van der Waals surface area contributed by atoms with Crippen LogP contribution in [-0.4, -0.2) is 11.1 Å². The molecule has 0 radical (unpaired) electrons. The number of rotatable bonds is 6. The van der Waals surface area contributed by atoms with Crippen LogP contribution in [-0.2, 0) is 6.54 Å². The zero-order valence-corrected chi connectivity index (χ0v) is 12.4. The number of benzene rings is 1. The summed E-state index contributed by atoms with van der Waals surface area (Å²) in [6, 6.07) is 9.23. The van der Waals surface area contributed by atoms with Crippen molar-refractivity contribution < 1.29 is 4.39 Å². The molecular weight excluding hydrogens is 251 g/mol. The molecule has 3 heteroatoms. The van der Waals surface area contributed by atoms with Crippen LogP contribution >= 0.6 is 0 Å². The quantitative estimate of drug-likeness (QED) is 0.843. The lowest BCUT2D eigenvalue weighted by molar-refractivity contribution is 0.421. The Morgan fingerprint density at radius 1 is 1.15 bits per heavy atom. The van der Waals surface area contributed by atoms with Crippen molar-refractivity contribution in [2.75, 3.05) is 6.54 Å². The minimum absolute atomic E-state index is 0.186. The predicted molar refractivity (Wildman–Crippen MR) is 81.2 cm³/mol. The highest BCUT2D eigenvalue weighted by Crippen LogP contribution is 2.22. The Morgan fingerprint density at radius 2 is 1.85 bits per heavy atom. The molecule has 1 heterocycles. The van der Waals surface area contributed by atoms with Gasteiger partial charge in [-0.2, -0.15) is 0 Å². The second-order valence-electron chi connectivity index (χ2n) is 5.52. The zero-order chi connectivity index (χ0) is 14.5. The summed E-state index contributed by atoms with van der Waals surface area (Å²) in [4.78, 5) is 0. The molecule has 1 unspecified atom stereocenters. The molecule has 0 spiro atoms. The van der Waals surface area contributed by atoms with Gasteiger partial charge in [0, 0.05) is 25.0 Å². The fourth-order valence-corrected chi connectivity index (χ4v) is 2.50. The highest BCUT2D eigenvalue weighted by atomic mass is 19.1. The smallest absolute Gasteiger partial charge is 0.123 e. The van der Waals surface area contributed by atoms with Gasteiger partial charge >= 0.3 is 0 Å². The predicted octanol–water partition coefficient (Wildman–Crippen LogP) is 3.98. The van der Waals surface area contributed by atoms with Crippen molar-refractivity contribution in [3.05, 3.63) is 59.7 Å². The molecule has 1 aromatic heterocycles. The first kappa shape index (κ1) is 14.8. The molecule has 108 valence electrons. The van der Waals surface area contributed by atoms with Crippen LogP contribution in [0.1, 0.15) is 37.9 Å². The molecule has 0 saturated carbocycles. The molecule has 0 saturated heterocycles. The molecule has 1 atom stereocenters. The van der Waals surface area contributed by atoms with Crippen LogP contribution in [0, 0.1) is 11.7 Å². The first-order valence-electron chi connectivity index (χ1n) is 7.23. The van der Waals surface area contributed by atoms with E-state index in [9.17, 15) is 4.39 Å². The van der Waals surface area contributed by atoms with E-state index in [2.05, 4.69) is 49.1 Å². The Labute approximate surface area is 120 Å². The van der Waals surface area contributed by atoms with E-state index in [-0.39, 0.29) is 5.82 Å². The van der Waals surface area contributed by atoms with Crippen LogP contribution in [0.5, 0.6) is 0 Å². The van der Waals surface area contributed by atoms with Crippen molar-refractivity contribution in [2.45, 2.75) is 33.4 Å². The van der Waals surface area contributed by atoms with Gasteiger partial charge in [0.05, 0.1) is 0 Å². The molecule has 0 aliphatic carbocycles. The third-order valence-corrected chi connectivity index (χ3v) is 3.50. The zero-order valence-electron chi connectivity index (χ0n) is 12.4. The molecular formula is C17H23FN2. The van der Waals surface area contributed by atoms with E-state index in [0.29, 0.717) is 12.0 Å². The molecule has 2 nitrogen and oxygen atoms in total. The third kappa shape index (κ3) is 3.70. The molecule has 2 aromatic rings. The fourth-order valence-electron chi connectivity index (χ4n) is 2.50. The van der Waals surface area contributed by atoms with Crippen LogP contribution < -0.4 is 5.32 Å². The van der Waals surface area contributed by atoms with Gasteiger partial charge in [-0.1, -0.05) is 32.9 Å². The number of nitrogens with zero attached hydrogens (tertiary/aromatic N) is 1. The molecule has 0 amide bonds. The van der Waals surface area contributed by atoms with E-state index in [4.69, 9.17) is 0 Å². The maximum absolute atomic E-state index is 12.9. The molecule has 2 rings (SSSR count). The SMILES string of the molecule is CCNC(c1ccn(Cc2ccc(F)cc2)c1)C(C)C. The lowest BCUT2D eigenvalue weighted by Crippen LogP contribution is -2.25. The summed E-state index contributed by atoms with van der Waals surface area (Å²) >= 11 is 0. The van der Waals surface area contributed by atoms with Crippen LogP contribution in [0.3, 0.4) is 0 Å². The number of hydrogen-bond donors (Lipinski definition) is 1. The third-order valence-electron chi connectivity index (χ3n) is 3.50. The van der Waals surface area contributed by atoms with Crippen molar-refractivity contribution in [1.82, 2.24) is 9.88 Å². The highest BCUT2D eigenvalue weighted by molar-refractivity contribution is 5.20. The molecule has 20 heavy (non-hydrogen) atoms. The van der Waals surface area contributed by atoms with Gasteiger partial charge in [-0.05, 0) is 41.8 Å². The number of halogens is 1. The Balaban J connectivity index is 2.09. The topological polar surface area (TPSA) is 17.0 Å². The maximum atomic E-state index is 12.9. The summed E-state index contributed by atoms with van der Waals surface area (Å²) in [6.45, 7) is 8.32. The molecule has 1 aromatic carbocycles. The van der Waals surface area contributed by atoms with Crippen molar-refractivity contribution >= 4 is 0 Å². The van der Waals surface area contributed by atoms with Gasteiger partial charge in [-0.3, -0.25) is 0 Å². The normalized spacial score (nSPS) is 12.8. The summed E-state index contributed by atoms with van der Waals surface area (Å²) in [6.07, 6.45) is 4.27. The largest absolute Gasteiger partial charge is 0.350 e. The van der Waals surface area contributed by atoms with E-state index in [1.165, 1.54) is 17.7 Å². The Kier molecular flexibility index (Phi) is 4.96. The Hall–Kier alpha value is -1.61. The first-order chi connectivity index (χ1) is 9.60. The standard InChI is InChI=1S/C17H23FN2/c1-4-19-17(13(2)3)15-9-10-20(12-15)11-14-5-7-16(18)8-6-14/h5-10,12-13,17,19H,4,11H2,1-3H3. The van der Waals surface area contributed by atoms with Gasteiger partial charge in [0.25, 0.3) is 0 Å². The van der Waals surface area contributed by atoms with Gasteiger partial charge in [0.15, 0.2) is 0 Å². The van der Waals surface area contributed by atoms with E-state index in [1.807, 2.05) is 12.1 Å². The lowest BCUT2D eigenvalue weighted by atomic mass is 9.98. The van der Waals surface area contributed by atoms with Gasteiger partial charge in [0.2, 0.25) is 0 Å². The molecule has 0 aliphatic rings. The number of hydrogen-bond acceptors (Lipinski definition) is 1. The van der Waals surface area contributed by atoms with Crippen molar-refractivity contribution in [1.29, 1.82) is 0 Å². The van der Waals surface area contributed by atoms with Crippen LogP contribution in [0.2, 0.25) is 0 Å². The molecule has 0 aliphatic heterocycles. The van der Waals surface area contributed by atoms with E-state index >= 15 is 0 Å². The minimum Gasteiger partial charge on any atom is -0.350 e.